The van der Waals surface area contributed by atoms with Crippen LogP contribution < -0.4 is 10.00 Å². The van der Waals surface area contributed by atoms with Crippen LogP contribution >= 0.6 is 0 Å². The molecule has 0 aliphatic rings. The second-order valence-electron chi connectivity index (χ2n) is 4.09. The smallest absolute Gasteiger partial charge is 0.271 e. The monoisotopic (exact) mass is 274 g/mol. The van der Waals surface area contributed by atoms with E-state index in [1.165, 1.54) is 23.1 Å². The Hall–Kier alpha value is -1.54. The van der Waals surface area contributed by atoms with Crippen molar-refractivity contribution in [2.45, 2.75) is 26.4 Å². The van der Waals surface area contributed by atoms with Gasteiger partial charge >= 0.3 is 0 Å². The molecule has 0 spiro atoms. The summed E-state index contributed by atoms with van der Waals surface area (Å²) in [5.74, 6) is -0.651. The molecular weight excluding hydrogens is 258 g/mol. The van der Waals surface area contributed by atoms with Crippen LogP contribution in [0, 0.1) is 0 Å². The third-order valence-electron chi connectivity index (χ3n) is 2.03. The zero-order valence-electron chi connectivity index (χ0n) is 10.2. The van der Waals surface area contributed by atoms with E-state index in [4.69, 9.17) is 4.55 Å². The van der Waals surface area contributed by atoms with Gasteiger partial charge in [-0.1, -0.05) is 4.68 Å². The van der Waals surface area contributed by atoms with Crippen LogP contribution in [0.15, 0.2) is 18.5 Å². The Morgan fingerprint density at radius 1 is 1.56 bits per heavy atom. The number of aryl methyl sites for hydroxylation is 1. The second kappa shape index (κ2) is 5.87. The van der Waals surface area contributed by atoms with Crippen LogP contribution in [0.4, 0.5) is 0 Å². The minimum Gasteiger partial charge on any atom is -0.350 e. The molecule has 1 amide bonds. The van der Waals surface area contributed by atoms with Crippen molar-refractivity contribution in [3.8, 4) is 0 Å². The van der Waals surface area contributed by atoms with Gasteiger partial charge in [0.2, 0.25) is 0 Å². The van der Waals surface area contributed by atoms with E-state index in [0.29, 0.717) is 5.56 Å². The molecule has 2 N–H and O–H groups in total. The Morgan fingerprint density at radius 2 is 2.22 bits per heavy atom. The lowest BCUT2D eigenvalue weighted by Crippen LogP contribution is -2.41. The number of rotatable bonds is 5. The Morgan fingerprint density at radius 3 is 2.67 bits per heavy atom. The van der Waals surface area contributed by atoms with Gasteiger partial charge in [0.05, 0.1) is 5.56 Å². The summed E-state index contributed by atoms with van der Waals surface area (Å²) in [7, 11) is -4.00. The number of amides is 1. The maximum atomic E-state index is 11.6. The van der Waals surface area contributed by atoms with Crippen molar-refractivity contribution in [1.29, 1.82) is 0 Å². The van der Waals surface area contributed by atoms with E-state index in [1.54, 1.807) is 0 Å². The predicted octanol–water partition coefficient (Wildman–Crippen LogP) is -0.605. The minimum atomic E-state index is -4.00. The molecule has 0 saturated carbocycles. The third-order valence-corrected chi connectivity index (χ3v) is 2.73. The Kier molecular flexibility index (Phi) is 4.74. The van der Waals surface area contributed by atoms with Crippen molar-refractivity contribution in [3.63, 3.8) is 0 Å². The summed E-state index contributed by atoms with van der Waals surface area (Å²) in [6.45, 7) is 3.73. The zero-order chi connectivity index (χ0) is 13.8. The quantitative estimate of drug-likeness (QED) is 0.551. The first-order chi connectivity index (χ1) is 8.28. The molecular formula is C10H16N3O4S+. The SMILES string of the molecule is CC(C)NC(=O)c1cc[n+](CCS(=O)(=O)O)nc1. The van der Waals surface area contributed by atoms with E-state index in [0.717, 1.165) is 0 Å². The van der Waals surface area contributed by atoms with Gasteiger partial charge in [-0.15, -0.1) is 0 Å². The Labute approximate surface area is 106 Å². The Bertz CT molecular complexity index is 510. The lowest BCUT2D eigenvalue weighted by atomic mass is 10.2. The van der Waals surface area contributed by atoms with Gasteiger partial charge in [-0.25, -0.2) is 0 Å². The average molecular weight is 274 g/mol. The maximum absolute atomic E-state index is 11.6. The molecule has 0 aromatic carbocycles. The van der Waals surface area contributed by atoms with Crippen molar-refractivity contribution in [1.82, 2.24) is 10.4 Å². The van der Waals surface area contributed by atoms with Crippen LogP contribution in [-0.4, -0.2) is 35.8 Å². The lowest BCUT2D eigenvalue weighted by molar-refractivity contribution is -0.750. The number of carbonyl (C=O) groups is 1. The molecule has 1 aromatic heterocycles. The van der Waals surface area contributed by atoms with Crippen molar-refractivity contribution >= 4 is 16.0 Å². The summed E-state index contributed by atoms with van der Waals surface area (Å²) in [5, 5.41) is 6.60. The number of nitrogens with zero attached hydrogens (tertiary/aromatic N) is 2. The first-order valence-electron chi connectivity index (χ1n) is 5.40. The topological polar surface area (TPSA) is 100 Å². The third kappa shape index (κ3) is 5.19. The van der Waals surface area contributed by atoms with E-state index in [2.05, 4.69) is 10.4 Å². The highest BCUT2D eigenvalue weighted by Crippen LogP contribution is 1.94. The first-order valence-corrected chi connectivity index (χ1v) is 7.00. The van der Waals surface area contributed by atoms with Gasteiger partial charge in [0.1, 0.15) is 11.9 Å². The highest BCUT2D eigenvalue weighted by Gasteiger charge is 2.13. The van der Waals surface area contributed by atoms with Crippen LogP contribution in [0.1, 0.15) is 24.2 Å². The van der Waals surface area contributed by atoms with E-state index in [1.807, 2.05) is 13.8 Å². The molecule has 7 nitrogen and oxygen atoms in total. The normalized spacial score (nSPS) is 11.6. The van der Waals surface area contributed by atoms with Gasteiger partial charge in [0.15, 0.2) is 12.7 Å². The van der Waals surface area contributed by atoms with Gasteiger partial charge in [0, 0.05) is 12.1 Å². The average Bonchev–Trinajstić information content (AvgIpc) is 2.25. The minimum absolute atomic E-state index is 0.0318. The summed E-state index contributed by atoms with van der Waals surface area (Å²) < 4.78 is 31.0. The van der Waals surface area contributed by atoms with Crippen LogP contribution in [0.2, 0.25) is 0 Å². The molecule has 0 aliphatic carbocycles. The van der Waals surface area contributed by atoms with Gasteiger partial charge in [-0.05, 0) is 18.9 Å². The van der Waals surface area contributed by atoms with Crippen LogP contribution in [0.25, 0.3) is 0 Å². The molecule has 1 rings (SSSR count). The fourth-order valence-electron chi connectivity index (χ4n) is 1.21. The van der Waals surface area contributed by atoms with Crippen LogP contribution in [-0.2, 0) is 16.7 Å². The lowest BCUT2D eigenvalue weighted by Gasteiger charge is -2.06. The number of hydrogen-bond donors (Lipinski definition) is 2. The van der Waals surface area contributed by atoms with E-state index in [-0.39, 0.29) is 18.5 Å². The van der Waals surface area contributed by atoms with Crippen molar-refractivity contribution < 1.29 is 22.4 Å². The summed E-state index contributed by atoms with van der Waals surface area (Å²) in [5.41, 5.74) is 0.395. The molecule has 18 heavy (non-hydrogen) atoms. The van der Waals surface area contributed by atoms with Crippen LogP contribution in [0.3, 0.4) is 0 Å². The number of carbonyl (C=O) groups excluding carboxylic acids is 1. The van der Waals surface area contributed by atoms with Gasteiger partial charge in [-0.2, -0.15) is 8.42 Å². The Balaban J connectivity index is 2.65. The molecule has 0 fully saturated rings. The molecule has 0 aliphatic heterocycles. The fourth-order valence-corrected chi connectivity index (χ4v) is 1.62. The molecule has 8 heteroatoms. The summed E-state index contributed by atoms with van der Waals surface area (Å²) >= 11 is 0. The van der Waals surface area contributed by atoms with Crippen molar-refractivity contribution in [2.24, 2.45) is 0 Å². The number of hydrogen-bond acceptors (Lipinski definition) is 4. The molecule has 0 radical (unpaired) electrons. The predicted molar refractivity (Wildman–Crippen MR) is 63.4 cm³/mol. The van der Waals surface area contributed by atoms with E-state index < -0.39 is 15.9 Å². The van der Waals surface area contributed by atoms with Crippen molar-refractivity contribution in [2.75, 3.05) is 5.75 Å². The summed E-state index contributed by atoms with van der Waals surface area (Å²) in [6, 6.07) is 1.57. The van der Waals surface area contributed by atoms with E-state index >= 15 is 0 Å². The molecule has 0 unspecified atom stereocenters. The molecule has 100 valence electrons. The van der Waals surface area contributed by atoms with Crippen LogP contribution in [0.5, 0.6) is 0 Å². The number of nitrogens with one attached hydrogen (secondary N) is 1. The standard InChI is InChI=1S/C10H15N3O4S/c1-8(2)12-10(14)9-3-4-13(11-7-9)5-6-18(15,16)17/h3-4,7-8H,5-6H2,1-2H3,(H-,12,14,15,16,17)/p+1. The highest BCUT2D eigenvalue weighted by atomic mass is 32.2. The van der Waals surface area contributed by atoms with Crippen molar-refractivity contribution in [3.05, 3.63) is 24.0 Å². The van der Waals surface area contributed by atoms with Gasteiger partial charge in [0.25, 0.3) is 16.0 Å². The first kappa shape index (κ1) is 14.5. The number of aromatic nitrogens is 2. The molecule has 0 atom stereocenters. The fraction of sp³-hybridized carbons (Fsp3) is 0.500. The van der Waals surface area contributed by atoms with Gasteiger partial charge < -0.3 is 5.32 Å². The summed E-state index contributed by atoms with van der Waals surface area (Å²) in [4.78, 5) is 11.6. The largest absolute Gasteiger partial charge is 0.350 e. The molecule has 0 bridgehead atoms. The highest BCUT2D eigenvalue weighted by molar-refractivity contribution is 7.85. The summed E-state index contributed by atoms with van der Waals surface area (Å²) in [6.07, 6.45) is 2.84. The zero-order valence-corrected chi connectivity index (χ0v) is 11.0. The molecule has 1 aromatic rings. The van der Waals surface area contributed by atoms with Gasteiger partial charge in [-0.3, -0.25) is 9.35 Å². The molecule has 0 saturated heterocycles. The second-order valence-corrected chi connectivity index (χ2v) is 5.66. The maximum Gasteiger partial charge on any atom is 0.271 e. The van der Waals surface area contributed by atoms with E-state index in [9.17, 15) is 13.2 Å². The molecule has 1 heterocycles.